The minimum Gasteiger partial charge on any atom is -0.462 e. The predicted octanol–water partition coefficient (Wildman–Crippen LogP) is 3.92. The summed E-state index contributed by atoms with van der Waals surface area (Å²) in [7, 11) is 3.91. The van der Waals surface area contributed by atoms with Crippen LogP contribution in [-0.2, 0) is 20.8 Å². The molecule has 4 rings (SSSR count). The summed E-state index contributed by atoms with van der Waals surface area (Å²) < 4.78 is 12.5. The number of nitrogens with zero attached hydrogens (tertiary/aromatic N) is 3. The van der Waals surface area contributed by atoms with Gasteiger partial charge in [0, 0.05) is 32.1 Å². The Morgan fingerprint density at radius 1 is 1.31 bits per heavy atom. The quantitative estimate of drug-likeness (QED) is 0.252. The first-order chi connectivity index (χ1) is 17.3. The van der Waals surface area contributed by atoms with Crippen LogP contribution in [0.4, 0.5) is 11.4 Å². The number of carbonyl (C=O) groups excluding carboxylic acids is 2. The standard InChI is InChI=1S/C25H30N4O5S2/c1-5-33-24(32)21-15(2)20-22(36-21)27-25(29(23(20)31)13-18-7-6-12-34-18)35-14-19(30)26-16-8-10-17(11-9-16)28(3)4/h8-11,18H,5-7,12-14H2,1-4H3,(H,26,30). The molecule has 0 bridgehead atoms. The van der Waals surface area contributed by atoms with E-state index in [1.165, 1.54) is 11.8 Å². The van der Waals surface area contributed by atoms with Gasteiger partial charge in [-0.15, -0.1) is 11.3 Å². The molecule has 1 aliphatic heterocycles. The Morgan fingerprint density at radius 3 is 2.69 bits per heavy atom. The molecule has 0 radical (unpaired) electrons. The topological polar surface area (TPSA) is 103 Å². The Hall–Kier alpha value is -2.89. The Bertz CT molecular complexity index is 1310. The van der Waals surface area contributed by atoms with Crippen LogP contribution in [0.1, 0.15) is 35.0 Å². The van der Waals surface area contributed by atoms with Crippen LogP contribution in [0.15, 0.2) is 34.2 Å². The van der Waals surface area contributed by atoms with Crippen molar-refractivity contribution in [1.82, 2.24) is 9.55 Å². The number of aromatic nitrogens is 2. The summed E-state index contributed by atoms with van der Waals surface area (Å²) in [5, 5.41) is 3.73. The largest absolute Gasteiger partial charge is 0.462 e. The number of anilines is 2. The number of amides is 1. The molecule has 1 fully saturated rings. The van der Waals surface area contributed by atoms with Gasteiger partial charge in [-0.25, -0.2) is 9.78 Å². The lowest BCUT2D eigenvalue weighted by molar-refractivity contribution is -0.113. The number of carbonyl (C=O) groups is 2. The van der Waals surface area contributed by atoms with Gasteiger partial charge in [-0.2, -0.15) is 0 Å². The van der Waals surface area contributed by atoms with Crippen molar-refractivity contribution in [3.8, 4) is 0 Å². The number of aryl methyl sites for hydroxylation is 1. The minimum absolute atomic E-state index is 0.0774. The van der Waals surface area contributed by atoms with E-state index < -0.39 is 5.97 Å². The van der Waals surface area contributed by atoms with Crippen LogP contribution >= 0.6 is 23.1 Å². The number of ether oxygens (including phenoxy) is 2. The van der Waals surface area contributed by atoms with Crippen LogP contribution in [-0.4, -0.2) is 60.6 Å². The number of fused-ring (bicyclic) bond motifs is 1. The second-order valence-electron chi connectivity index (χ2n) is 8.68. The van der Waals surface area contributed by atoms with E-state index in [9.17, 15) is 14.4 Å². The fourth-order valence-corrected chi connectivity index (χ4v) is 5.95. The molecule has 1 saturated heterocycles. The average Bonchev–Trinajstić information content (AvgIpc) is 3.48. The van der Waals surface area contributed by atoms with Crippen LogP contribution in [0, 0.1) is 6.92 Å². The highest BCUT2D eigenvalue weighted by Crippen LogP contribution is 2.30. The summed E-state index contributed by atoms with van der Waals surface area (Å²) in [5.74, 6) is -0.587. The van der Waals surface area contributed by atoms with Gasteiger partial charge in [0.15, 0.2) is 5.16 Å². The fourth-order valence-electron chi connectivity index (χ4n) is 4.02. The SMILES string of the molecule is CCOC(=O)c1sc2nc(SCC(=O)Nc3ccc(N(C)C)cc3)n(CC3CCCO3)c(=O)c2c1C. The number of esters is 1. The predicted molar refractivity (Wildman–Crippen MR) is 144 cm³/mol. The van der Waals surface area contributed by atoms with Gasteiger partial charge >= 0.3 is 5.97 Å². The molecule has 0 aliphatic carbocycles. The number of hydrogen-bond donors (Lipinski definition) is 1. The summed E-state index contributed by atoms with van der Waals surface area (Å²) in [6, 6.07) is 7.55. The number of hydrogen-bond acceptors (Lipinski definition) is 9. The first-order valence-electron chi connectivity index (χ1n) is 11.8. The third-order valence-electron chi connectivity index (χ3n) is 5.89. The lowest BCUT2D eigenvalue weighted by Gasteiger charge is -2.16. The van der Waals surface area contributed by atoms with Crippen molar-refractivity contribution in [1.29, 1.82) is 0 Å². The maximum atomic E-state index is 13.6. The summed E-state index contributed by atoms with van der Waals surface area (Å²) in [5.41, 5.74) is 2.07. The molecular formula is C25H30N4O5S2. The average molecular weight is 531 g/mol. The summed E-state index contributed by atoms with van der Waals surface area (Å²) in [6.45, 7) is 4.74. The molecular weight excluding hydrogens is 500 g/mol. The van der Waals surface area contributed by atoms with Crippen molar-refractivity contribution in [2.24, 2.45) is 0 Å². The molecule has 192 valence electrons. The zero-order valence-corrected chi connectivity index (χ0v) is 22.5. The maximum absolute atomic E-state index is 13.6. The molecule has 1 aliphatic rings. The van der Waals surface area contributed by atoms with Gasteiger partial charge in [-0.05, 0) is 56.5 Å². The van der Waals surface area contributed by atoms with E-state index in [4.69, 9.17) is 14.5 Å². The number of thiophene rings is 1. The first kappa shape index (κ1) is 26.2. The summed E-state index contributed by atoms with van der Waals surface area (Å²) in [4.78, 5) is 46.2. The van der Waals surface area contributed by atoms with Gasteiger partial charge in [0.05, 0.1) is 30.4 Å². The van der Waals surface area contributed by atoms with Gasteiger partial charge < -0.3 is 19.7 Å². The zero-order valence-electron chi connectivity index (χ0n) is 20.8. The van der Waals surface area contributed by atoms with E-state index in [2.05, 4.69) is 5.32 Å². The first-order valence-corrected chi connectivity index (χ1v) is 13.6. The summed E-state index contributed by atoms with van der Waals surface area (Å²) in [6.07, 6.45) is 1.71. The molecule has 11 heteroatoms. The second kappa shape index (κ2) is 11.4. The van der Waals surface area contributed by atoms with Crippen molar-refractivity contribution in [2.75, 3.05) is 43.3 Å². The highest BCUT2D eigenvalue weighted by molar-refractivity contribution is 7.99. The minimum atomic E-state index is -0.461. The van der Waals surface area contributed by atoms with Gasteiger partial charge in [-0.3, -0.25) is 14.2 Å². The van der Waals surface area contributed by atoms with Crippen LogP contribution in [0.2, 0.25) is 0 Å². The molecule has 1 aromatic carbocycles. The number of rotatable bonds is 9. The highest BCUT2D eigenvalue weighted by Gasteiger charge is 2.25. The second-order valence-corrected chi connectivity index (χ2v) is 10.6. The molecule has 9 nitrogen and oxygen atoms in total. The van der Waals surface area contributed by atoms with Crippen LogP contribution in [0.5, 0.6) is 0 Å². The van der Waals surface area contributed by atoms with E-state index in [0.717, 1.165) is 29.9 Å². The fraction of sp³-hybridized carbons (Fsp3) is 0.440. The van der Waals surface area contributed by atoms with Crippen molar-refractivity contribution < 1.29 is 19.1 Å². The molecule has 36 heavy (non-hydrogen) atoms. The van der Waals surface area contributed by atoms with Gasteiger partial charge in [0.25, 0.3) is 5.56 Å². The summed E-state index contributed by atoms with van der Waals surface area (Å²) >= 11 is 2.34. The number of nitrogens with one attached hydrogen (secondary N) is 1. The van der Waals surface area contributed by atoms with Crippen molar-refractivity contribution >= 4 is 56.6 Å². The number of benzene rings is 1. The maximum Gasteiger partial charge on any atom is 0.348 e. The van der Waals surface area contributed by atoms with E-state index in [0.29, 0.717) is 44.7 Å². The molecule has 1 amide bonds. The smallest absolute Gasteiger partial charge is 0.348 e. The van der Waals surface area contributed by atoms with Crippen LogP contribution in [0.3, 0.4) is 0 Å². The van der Waals surface area contributed by atoms with Crippen LogP contribution in [0.25, 0.3) is 10.2 Å². The van der Waals surface area contributed by atoms with Gasteiger partial charge in [0.2, 0.25) is 5.91 Å². The molecule has 0 saturated carbocycles. The van der Waals surface area contributed by atoms with E-state index in [1.54, 1.807) is 18.4 Å². The van der Waals surface area contributed by atoms with E-state index in [1.807, 2.05) is 43.3 Å². The Kier molecular flexibility index (Phi) is 8.32. The molecule has 3 heterocycles. The normalized spacial score (nSPS) is 15.3. The number of thioether (sulfide) groups is 1. The monoisotopic (exact) mass is 530 g/mol. The molecule has 1 N–H and O–H groups in total. The van der Waals surface area contributed by atoms with Crippen molar-refractivity contribution in [3.63, 3.8) is 0 Å². The Morgan fingerprint density at radius 2 is 2.06 bits per heavy atom. The van der Waals surface area contributed by atoms with Gasteiger partial charge in [0.1, 0.15) is 9.71 Å². The molecule has 1 unspecified atom stereocenters. The highest BCUT2D eigenvalue weighted by atomic mass is 32.2. The Balaban J connectivity index is 1.60. The van der Waals surface area contributed by atoms with Crippen molar-refractivity contribution in [2.45, 2.75) is 44.5 Å². The zero-order chi connectivity index (χ0) is 25.8. The molecule has 3 aromatic rings. The molecule has 1 atom stereocenters. The Labute approximate surface area is 217 Å². The lowest BCUT2D eigenvalue weighted by Crippen LogP contribution is -2.29. The van der Waals surface area contributed by atoms with Crippen LogP contribution < -0.4 is 15.8 Å². The van der Waals surface area contributed by atoms with E-state index in [-0.39, 0.29) is 29.9 Å². The lowest BCUT2D eigenvalue weighted by atomic mass is 10.2. The van der Waals surface area contributed by atoms with E-state index >= 15 is 0 Å². The van der Waals surface area contributed by atoms with Crippen molar-refractivity contribution in [3.05, 3.63) is 45.1 Å². The van der Waals surface area contributed by atoms with Gasteiger partial charge in [-0.1, -0.05) is 11.8 Å². The third kappa shape index (κ3) is 5.74. The molecule has 0 spiro atoms. The molecule has 2 aromatic heterocycles. The third-order valence-corrected chi connectivity index (χ3v) is 8.03.